The van der Waals surface area contributed by atoms with Gasteiger partial charge in [0.2, 0.25) is 0 Å². The molecule has 0 amide bonds. The molecule has 0 saturated heterocycles. The first-order valence-corrected chi connectivity index (χ1v) is 7.13. The fourth-order valence-electron chi connectivity index (χ4n) is 1.97. The SMILES string of the molecule is Cc1nc2ccccc2nc1COc1ccccc1Br. The van der Waals surface area contributed by atoms with Gasteiger partial charge in [-0.3, -0.25) is 0 Å². The van der Waals surface area contributed by atoms with E-state index in [2.05, 4.69) is 25.9 Å². The summed E-state index contributed by atoms with van der Waals surface area (Å²) in [6.45, 7) is 2.37. The second-order valence-corrected chi connectivity index (χ2v) is 5.32. The number of halogens is 1. The summed E-state index contributed by atoms with van der Waals surface area (Å²) in [5, 5.41) is 0. The zero-order valence-electron chi connectivity index (χ0n) is 11.0. The maximum Gasteiger partial charge on any atom is 0.134 e. The first kappa shape index (κ1) is 13.1. The third-order valence-electron chi connectivity index (χ3n) is 3.04. The van der Waals surface area contributed by atoms with Crippen molar-refractivity contribution in [3.63, 3.8) is 0 Å². The van der Waals surface area contributed by atoms with Crippen LogP contribution in [0.4, 0.5) is 0 Å². The lowest BCUT2D eigenvalue weighted by molar-refractivity contribution is 0.298. The Balaban J connectivity index is 1.87. The molecule has 1 heterocycles. The summed E-state index contributed by atoms with van der Waals surface area (Å²) >= 11 is 3.47. The van der Waals surface area contributed by atoms with E-state index < -0.39 is 0 Å². The van der Waals surface area contributed by atoms with Crippen LogP contribution in [-0.2, 0) is 6.61 Å². The first-order chi connectivity index (χ1) is 9.74. The van der Waals surface area contributed by atoms with Gasteiger partial charge in [-0.2, -0.15) is 0 Å². The molecule has 0 unspecified atom stereocenters. The standard InChI is InChI=1S/C16H13BrN2O/c1-11-15(10-20-16-9-5-2-6-12(16)17)19-14-8-4-3-7-13(14)18-11/h2-9H,10H2,1H3. The number of ether oxygens (including phenoxy) is 1. The number of hydrogen-bond acceptors (Lipinski definition) is 3. The van der Waals surface area contributed by atoms with Crippen LogP contribution >= 0.6 is 15.9 Å². The van der Waals surface area contributed by atoms with Crippen molar-refractivity contribution < 1.29 is 4.74 Å². The number of para-hydroxylation sites is 3. The Kier molecular flexibility index (Phi) is 3.65. The number of hydrogen-bond donors (Lipinski definition) is 0. The van der Waals surface area contributed by atoms with Crippen molar-refractivity contribution in [1.82, 2.24) is 9.97 Å². The van der Waals surface area contributed by atoms with E-state index in [1.807, 2.05) is 55.5 Å². The van der Waals surface area contributed by atoms with E-state index in [0.29, 0.717) is 6.61 Å². The van der Waals surface area contributed by atoms with Gasteiger partial charge in [0, 0.05) is 0 Å². The fourth-order valence-corrected chi connectivity index (χ4v) is 2.37. The van der Waals surface area contributed by atoms with Gasteiger partial charge in [0.1, 0.15) is 12.4 Å². The maximum absolute atomic E-state index is 5.80. The molecule has 1 aromatic heterocycles. The van der Waals surface area contributed by atoms with E-state index in [-0.39, 0.29) is 0 Å². The van der Waals surface area contributed by atoms with Crippen LogP contribution in [-0.4, -0.2) is 9.97 Å². The predicted octanol–water partition coefficient (Wildman–Crippen LogP) is 4.28. The molecular weight excluding hydrogens is 316 g/mol. The van der Waals surface area contributed by atoms with Crippen molar-refractivity contribution in [2.24, 2.45) is 0 Å². The Morgan fingerprint density at radius 1 is 0.950 bits per heavy atom. The molecule has 0 fully saturated rings. The Hall–Kier alpha value is -1.94. The average molecular weight is 329 g/mol. The van der Waals surface area contributed by atoms with E-state index in [4.69, 9.17) is 4.74 Å². The van der Waals surface area contributed by atoms with Gasteiger partial charge in [0.25, 0.3) is 0 Å². The molecule has 0 saturated carbocycles. The molecule has 0 radical (unpaired) electrons. The van der Waals surface area contributed by atoms with E-state index in [1.165, 1.54) is 0 Å². The molecule has 0 aliphatic carbocycles. The third kappa shape index (κ3) is 2.65. The predicted molar refractivity (Wildman–Crippen MR) is 82.7 cm³/mol. The first-order valence-electron chi connectivity index (χ1n) is 6.33. The molecule has 0 bridgehead atoms. The summed E-state index contributed by atoms with van der Waals surface area (Å²) in [7, 11) is 0. The molecule has 0 atom stereocenters. The van der Waals surface area contributed by atoms with Crippen LogP contribution in [0.1, 0.15) is 11.4 Å². The summed E-state index contributed by atoms with van der Waals surface area (Å²) in [4.78, 5) is 9.17. The number of benzene rings is 2. The number of rotatable bonds is 3. The molecule has 2 aromatic carbocycles. The zero-order chi connectivity index (χ0) is 13.9. The quantitative estimate of drug-likeness (QED) is 0.719. The Morgan fingerprint density at radius 2 is 1.60 bits per heavy atom. The summed E-state index contributed by atoms with van der Waals surface area (Å²) in [5.41, 5.74) is 3.56. The van der Waals surface area contributed by atoms with E-state index >= 15 is 0 Å². The van der Waals surface area contributed by atoms with Crippen LogP contribution in [0.2, 0.25) is 0 Å². The van der Waals surface area contributed by atoms with Crippen LogP contribution in [0.3, 0.4) is 0 Å². The second-order valence-electron chi connectivity index (χ2n) is 4.46. The Bertz CT molecular complexity index is 758. The number of aryl methyl sites for hydroxylation is 1. The Labute approximate surface area is 125 Å². The van der Waals surface area contributed by atoms with Crippen molar-refractivity contribution in [1.29, 1.82) is 0 Å². The lowest BCUT2D eigenvalue weighted by atomic mass is 10.2. The topological polar surface area (TPSA) is 35.0 Å². The van der Waals surface area contributed by atoms with Crippen LogP contribution < -0.4 is 4.74 Å². The van der Waals surface area contributed by atoms with Gasteiger partial charge in [-0.05, 0) is 47.1 Å². The highest BCUT2D eigenvalue weighted by Gasteiger charge is 2.07. The monoisotopic (exact) mass is 328 g/mol. The summed E-state index contributed by atoms with van der Waals surface area (Å²) in [6, 6.07) is 15.6. The van der Waals surface area contributed by atoms with Gasteiger partial charge < -0.3 is 4.74 Å². The van der Waals surface area contributed by atoms with Crippen molar-refractivity contribution in [3.8, 4) is 5.75 Å². The fraction of sp³-hybridized carbons (Fsp3) is 0.125. The van der Waals surface area contributed by atoms with Crippen molar-refractivity contribution >= 4 is 27.0 Å². The molecule has 0 aliphatic heterocycles. The van der Waals surface area contributed by atoms with E-state index in [0.717, 1.165) is 32.6 Å². The van der Waals surface area contributed by atoms with E-state index in [9.17, 15) is 0 Å². The molecule has 0 spiro atoms. The molecule has 3 nitrogen and oxygen atoms in total. The number of aromatic nitrogens is 2. The highest BCUT2D eigenvalue weighted by Crippen LogP contribution is 2.25. The lowest BCUT2D eigenvalue weighted by Crippen LogP contribution is -2.03. The normalized spacial score (nSPS) is 10.7. The van der Waals surface area contributed by atoms with Crippen LogP contribution in [0.15, 0.2) is 53.0 Å². The van der Waals surface area contributed by atoms with Gasteiger partial charge in [-0.15, -0.1) is 0 Å². The van der Waals surface area contributed by atoms with Crippen LogP contribution in [0.5, 0.6) is 5.75 Å². The average Bonchev–Trinajstić information content (AvgIpc) is 2.46. The van der Waals surface area contributed by atoms with E-state index in [1.54, 1.807) is 0 Å². The van der Waals surface area contributed by atoms with Gasteiger partial charge in [-0.25, -0.2) is 9.97 Å². The maximum atomic E-state index is 5.80. The molecule has 20 heavy (non-hydrogen) atoms. The minimum atomic E-state index is 0.409. The molecule has 4 heteroatoms. The number of fused-ring (bicyclic) bond motifs is 1. The minimum absolute atomic E-state index is 0.409. The number of nitrogens with zero attached hydrogens (tertiary/aromatic N) is 2. The van der Waals surface area contributed by atoms with Gasteiger partial charge in [0.15, 0.2) is 0 Å². The summed E-state index contributed by atoms with van der Waals surface area (Å²) < 4.78 is 6.74. The largest absolute Gasteiger partial charge is 0.486 e. The molecule has 3 rings (SSSR count). The highest BCUT2D eigenvalue weighted by atomic mass is 79.9. The van der Waals surface area contributed by atoms with Gasteiger partial charge in [-0.1, -0.05) is 24.3 Å². The lowest BCUT2D eigenvalue weighted by Gasteiger charge is -2.10. The van der Waals surface area contributed by atoms with Crippen molar-refractivity contribution in [2.45, 2.75) is 13.5 Å². The smallest absolute Gasteiger partial charge is 0.134 e. The van der Waals surface area contributed by atoms with Crippen LogP contribution in [0, 0.1) is 6.92 Å². The zero-order valence-corrected chi connectivity index (χ0v) is 12.6. The molecule has 100 valence electrons. The molecular formula is C16H13BrN2O. The third-order valence-corrected chi connectivity index (χ3v) is 3.70. The van der Waals surface area contributed by atoms with Gasteiger partial charge in [0.05, 0.1) is 26.9 Å². The highest BCUT2D eigenvalue weighted by molar-refractivity contribution is 9.10. The summed E-state index contributed by atoms with van der Waals surface area (Å²) in [6.07, 6.45) is 0. The second kappa shape index (κ2) is 5.59. The molecule has 0 N–H and O–H groups in total. The van der Waals surface area contributed by atoms with Gasteiger partial charge >= 0.3 is 0 Å². The summed E-state index contributed by atoms with van der Waals surface area (Å²) in [5.74, 6) is 0.807. The molecule has 3 aromatic rings. The minimum Gasteiger partial charge on any atom is -0.486 e. The van der Waals surface area contributed by atoms with Crippen molar-refractivity contribution in [2.75, 3.05) is 0 Å². The van der Waals surface area contributed by atoms with Crippen molar-refractivity contribution in [3.05, 3.63) is 64.4 Å². The van der Waals surface area contributed by atoms with Crippen LogP contribution in [0.25, 0.3) is 11.0 Å². The molecule has 0 aliphatic rings. The Morgan fingerprint density at radius 3 is 2.35 bits per heavy atom.